The Kier molecular flexibility index (Phi) is 3.29. The normalized spacial score (nSPS) is 28.9. The molecule has 3 N–H and O–H groups in total. The molecule has 1 aromatic rings. The first-order valence-electron chi connectivity index (χ1n) is 6.73. The lowest BCUT2D eigenvalue weighted by Crippen LogP contribution is -2.32. The molecule has 110 valence electrons. The summed E-state index contributed by atoms with van der Waals surface area (Å²) in [6, 6.07) is 0. The topological polar surface area (TPSA) is 112 Å². The Morgan fingerprint density at radius 1 is 1.45 bits per heavy atom. The predicted molar refractivity (Wildman–Crippen MR) is 69.7 cm³/mol. The predicted octanol–water partition coefficient (Wildman–Crippen LogP) is 0.822. The van der Waals surface area contributed by atoms with Crippen molar-refractivity contribution in [1.29, 1.82) is 0 Å². The van der Waals surface area contributed by atoms with Crippen LogP contribution in [0.1, 0.15) is 36.0 Å². The molecule has 8 heteroatoms. The van der Waals surface area contributed by atoms with Gasteiger partial charge >= 0.3 is 5.97 Å². The number of nitrogens with one attached hydrogen (secondary N) is 2. The first-order valence-corrected chi connectivity index (χ1v) is 8.22. The third-order valence-corrected chi connectivity index (χ3v) is 5.92. The van der Waals surface area contributed by atoms with E-state index >= 15 is 0 Å². The Balaban J connectivity index is 1.70. The van der Waals surface area contributed by atoms with Gasteiger partial charge in [0.15, 0.2) is 5.03 Å². The second-order valence-electron chi connectivity index (χ2n) is 5.70. The van der Waals surface area contributed by atoms with E-state index in [1.165, 1.54) is 19.3 Å². The van der Waals surface area contributed by atoms with Crippen molar-refractivity contribution in [3.63, 3.8) is 0 Å². The summed E-state index contributed by atoms with van der Waals surface area (Å²) in [6.45, 7) is 0.377. The van der Waals surface area contributed by atoms with Crippen molar-refractivity contribution in [3.8, 4) is 0 Å². The highest BCUT2D eigenvalue weighted by atomic mass is 32.2. The fraction of sp³-hybridized carbons (Fsp3) is 0.667. The fourth-order valence-corrected chi connectivity index (χ4v) is 4.73. The summed E-state index contributed by atoms with van der Waals surface area (Å²) in [4.78, 5) is 10.9. The highest BCUT2D eigenvalue weighted by molar-refractivity contribution is 7.89. The van der Waals surface area contributed by atoms with E-state index in [0.29, 0.717) is 18.4 Å². The number of rotatable bonds is 5. The SMILES string of the molecule is O=C(O)c1cn[nH]c1S(=O)(=O)NCC1CC2CCC1C2. The maximum Gasteiger partial charge on any atom is 0.340 e. The third kappa shape index (κ3) is 2.33. The molecule has 1 heterocycles. The lowest BCUT2D eigenvalue weighted by atomic mass is 9.89. The summed E-state index contributed by atoms with van der Waals surface area (Å²) < 4.78 is 26.8. The Bertz CT molecular complexity index is 624. The molecule has 0 radical (unpaired) electrons. The van der Waals surface area contributed by atoms with Gasteiger partial charge in [0.2, 0.25) is 0 Å². The molecule has 2 saturated carbocycles. The first kappa shape index (κ1) is 13.6. The number of hydrogen-bond donors (Lipinski definition) is 3. The zero-order valence-electron chi connectivity index (χ0n) is 10.9. The number of carboxylic acid groups (broad SMARTS) is 1. The second kappa shape index (κ2) is 4.85. The molecule has 3 atom stereocenters. The van der Waals surface area contributed by atoms with Crippen molar-refractivity contribution in [2.45, 2.75) is 30.7 Å². The van der Waals surface area contributed by atoms with E-state index in [0.717, 1.165) is 18.5 Å². The molecule has 2 bridgehead atoms. The largest absolute Gasteiger partial charge is 0.478 e. The van der Waals surface area contributed by atoms with Crippen molar-refractivity contribution in [3.05, 3.63) is 11.8 Å². The number of carboxylic acids is 1. The van der Waals surface area contributed by atoms with E-state index < -0.39 is 16.0 Å². The van der Waals surface area contributed by atoms with Crippen LogP contribution < -0.4 is 4.72 Å². The van der Waals surface area contributed by atoms with Crippen molar-refractivity contribution >= 4 is 16.0 Å². The average molecular weight is 299 g/mol. The van der Waals surface area contributed by atoms with Gasteiger partial charge in [-0.3, -0.25) is 5.10 Å². The van der Waals surface area contributed by atoms with E-state index in [9.17, 15) is 13.2 Å². The van der Waals surface area contributed by atoms with E-state index in [4.69, 9.17) is 5.11 Å². The summed E-state index contributed by atoms with van der Waals surface area (Å²) in [5.41, 5.74) is -0.328. The lowest BCUT2D eigenvalue weighted by molar-refractivity contribution is 0.0692. The van der Waals surface area contributed by atoms with Crippen LogP contribution in [0.4, 0.5) is 0 Å². The van der Waals surface area contributed by atoms with Crippen molar-refractivity contribution < 1.29 is 18.3 Å². The maximum atomic E-state index is 12.1. The van der Waals surface area contributed by atoms with E-state index in [1.54, 1.807) is 0 Å². The minimum atomic E-state index is -3.85. The molecule has 0 saturated heterocycles. The molecule has 0 aliphatic heterocycles. The van der Waals surface area contributed by atoms with Gasteiger partial charge in [-0.15, -0.1) is 0 Å². The third-order valence-electron chi connectivity index (χ3n) is 4.52. The number of fused-ring (bicyclic) bond motifs is 2. The van der Waals surface area contributed by atoms with Crippen LogP contribution in [0.25, 0.3) is 0 Å². The smallest absolute Gasteiger partial charge is 0.340 e. The van der Waals surface area contributed by atoms with E-state index in [-0.39, 0.29) is 10.6 Å². The van der Waals surface area contributed by atoms with Crippen molar-refractivity contribution in [2.24, 2.45) is 17.8 Å². The number of nitrogens with zero attached hydrogens (tertiary/aromatic N) is 1. The molecule has 1 aromatic heterocycles. The minimum absolute atomic E-state index is 0.328. The van der Waals surface area contributed by atoms with Crippen molar-refractivity contribution in [1.82, 2.24) is 14.9 Å². The number of aromatic nitrogens is 2. The quantitative estimate of drug-likeness (QED) is 0.745. The second-order valence-corrected chi connectivity index (χ2v) is 7.41. The lowest BCUT2D eigenvalue weighted by Gasteiger charge is -2.21. The van der Waals surface area contributed by atoms with Crippen molar-refractivity contribution in [2.75, 3.05) is 6.54 Å². The van der Waals surface area contributed by atoms with Gasteiger partial charge < -0.3 is 5.11 Å². The van der Waals surface area contributed by atoms with Gasteiger partial charge in [-0.2, -0.15) is 5.10 Å². The molecule has 3 rings (SSSR count). The summed E-state index contributed by atoms with van der Waals surface area (Å²) in [5.74, 6) is 0.429. The molecule has 0 aromatic carbocycles. The molecule has 3 unspecified atom stereocenters. The minimum Gasteiger partial charge on any atom is -0.478 e. The molecular weight excluding hydrogens is 282 g/mol. The molecule has 7 nitrogen and oxygen atoms in total. The Hall–Kier alpha value is -1.41. The Morgan fingerprint density at radius 2 is 2.25 bits per heavy atom. The Labute approximate surface area is 116 Å². The van der Waals surface area contributed by atoms with E-state index in [1.807, 2.05) is 0 Å². The van der Waals surface area contributed by atoms with Crippen LogP contribution in [0.2, 0.25) is 0 Å². The monoisotopic (exact) mass is 299 g/mol. The molecule has 2 aliphatic carbocycles. The molecule has 2 fully saturated rings. The number of hydrogen-bond acceptors (Lipinski definition) is 4. The zero-order valence-corrected chi connectivity index (χ0v) is 11.7. The van der Waals surface area contributed by atoms with Crippen LogP contribution in [0.3, 0.4) is 0 Å². The van der Waals surface area contributed by atoms with Crippen LogP contribution in [-0.4, -0.2) is 36.2 Å². The molecular formula is C12H17N3O4S. The maximum absolute atomic E-state index is 12.1. The highest BCUT2D eigenvalue weighted by Crippen LogP contribution is 2.48. The summed E-state index contributed by atoms with van der Waals surface area (Å²) in [5, 5.41) is 14.3. The molecule has 0 spiro atoms. The van der Waals surface area contributed by atoms with Crippen LogP contribution in [0, 0.1) is 17.8 Å². The van der Waals surface area contributed by atoms with Crippen LogP contribution in [-0.2, 0) is 10.0 Å². The van der Waals surface area contributed by atoms with Gasteiger partial charge in [0.05, 0.1) is 6.20 Å². The van der Waals surface area contributed by atoms with Gasteiger partial charge in [0, 0.05) is 6.54 Å². The summed E-state index contributed by atoms with van der Waals surface area (Å²) in [7, 11) is -3.85. The van der Waals surface area contributed by atoms with Gasteiger partial charge in [-0.1, -0.05) is 6.42 Å². The van der Waals surface area contributed by atoms with Gasteiger partial charge in [-0.25, -0.2) is 17.9 Å². The number of aromatic amines is 1. The Morgan fingerprint density at radius 3 is 2.85 bits per heavy atom. The molecule has 20 heavy (non-hydrogen) atoms. The van der Waals surface area contributed by atoms with Crippen LogP contribution in [0.5, 0.6) is 0 Å². The average Bonchev–Trinajstić information content (AvgIpc) is 3.11. The number of sulfonamides is 1. The van der Waals surface area contributed by atoms with E-state index in [2.05, 4.69) is 14.9 Å². The number of H-pyrrole nitrogens is 1. The number of aromatic carboxylic acids is 1. The highest BCUT2D eigenvalue weighted by Gasteiger charge is 2.39. The summed E-state index contributed by atoms with van der Waals surface area (Å²) in [6.07, 6.45) is 5.73. The number of carbonyl (C=O) groups is 1. The zero-order chi connectivity index (χ0) is 14.3. The molecule has 2 aliphatic rings. The standard InChI is InChI=1S/C12H17N3O4S/c16-12(17)10-6-13-15-11(10)20(18,19)14-5-9-4-7-1-2-8(9)3-7/h6-9,14H,1-5H2,(H,13,15)(H,16,17). The van der Waals surface area contributed by atoms with Gasteiger partial charge in [-0.05, 0) is 37.0 Å². The van der Waals surface area contributed by atoms with Crippen LogP contribution >= 0.6 is 0 Å². The van der Waals surface area contributed by atoms with Gasteiger partial charge in [0.25, 0.3) is 10.0 Å². The van der Waals surface area contributed by atoms with Gasteiger partial charge in [0.1, 0.15) is 5.56 Å². The first-order chi connectivity index (χ1) is 9.47. The molecule has 0 amide bonds. The summed E-state index contributed by atoms with van der Waals surface area (Å²) >= 11 is 0. The van der Waals surface area contributed by atoms with Crippen LogP contribution in [0.15, 0.2) is 11.2 Å². The fourth-order valence-electron chi connectivity index (χ4n) is 3.55.